The maximum Gasteiger partial charge on any atom is 0.405 e. The summed E-state index contributed by atoms with van der Waals surface area (Å²) in [6.45, 7) is 3.41. The molecule has 2 aromatic carbocycles. The maximum absolute atomic E-state index is 13.3. The van der Waals surface area contributed by atoms with E-state index in [1.807, 2.05) is 30.3 Å². The van der Waals surface area contributed by atoms with Gasteiger partial charge in [-0.25, -0.2) is 4.79 Å². The quantitative estimate of drug-likeness (QED) is 0.542. The third-order valence-electron chi connectivity index (χ3n) is 5.63. The van der Waals surface area contributed by atoms with Crippen LogP contribution < -0.4 is 10.1 Å². The van der Waals surface area contributed by atoms with Crippen LogP contribution in [0.5, 0.6) is 5.75 Å². The lowest BCUT2D eigenvalue weighted by molar-refractivity contribution is -0.171. The summed E-state index contributed by atoms with van der Waals surface area (Å²) in [7, 11) is 1.57. The number of nitrogens with one attached hydrogen (secondary N) is 1. The Kier molecular flexibility index (Phi) is 8.48. The van der Waals surface area contributed by atoms with E-state index in [0.29, 0.717) is 12.2 Å². The van der Waals surface area contributed by atoms with Gasteiger partial charge in [0.2, 0.25) is 12.2 Å². The van der Waals surface area contributed by atoms with Crippen molar-refractivity contribution < 1.29 is 33.7 Å². The van der Waals surface area contributed by atoms with E-state index >= 15 is 0 Å². The number of carbonyl (C=O) groups excluding carboxylic acids is 2. The summed E-state index contributed by atoms with van der Waals surface area (Å²) in [5.74, 6) is -0.515. The Morgan fingerprint density at radius 2 is 1.76 bits per heavy atom. The molecular weight excluding hydrogens is 440 g/mol. The standard InChI is InChI=1S/C25H30N2O7/c1-16(2)22(26-25(30)31)23(29)27-15-33-24(20(27)13-17-7-5-4-6-8-17)34-21(28)14-18-9-11-19(32-3)12-10-18/h4-12,16,20,22,24,26H,13-15H2,1-3H3,(H,30,31). The second kappa shape index (κ2) is 11.5. The number of nitrogens with zero attached hydrogens (tertiary/aromatic N) is 1. The third kappa shape index (κ3) is 6.48. The van der Waals surface area contributed by atoms with E-state index in [4.69, 9.17) is 14.2 Å². The molecule has 1 aliphatic heterocycles. The van der Waals surface area contributed by atoms with Crippen LogP contribution >= 0.6 is 0 Å². The van der Waals surface area contributed by atoms with Crippen LogP contribution in [-0.4, -0.2) is 60.2 Å². The highest BCUT2D eigenvalue weighted by Crippen LogP contribution is 2.25. The summed E-state index contributed by atoms with van der Waals surface area (Å²) in [4.78, 5) is 38.6. The van der Waals surface area contributed by atoms with Gasteiger partial charge in [0, 0.05) is 0 Å². The molecule has 0 spiro atoms. The second-order valence-electron chi connectivity index (χ2n) is 8.42. The van der Waals surface area contributed by atoms with Crippen LogP contribution in [0.25, 0.3) is 0 Å². The van der Waals surface area contributed by atoms with Crippen molar-refractivity contribution in [2.24, 2.45) is 5.92 Å². The van der Waals surface area contributed by atoms with Crippen LogP contribution in [0.2, 0.25) is 0 Å². The summed E-state index contributed by atoms with van der Waals surface area (Å²) in [6, 6.07) is 15.0. The molecule has 9 heteroatoms. The molecule has 0 saturated carbocycles. The second-order valence-corrected chi connectivity index (χ2v) is 8.42. The first kappa shape index (κ1) is 25.0. The molecule has 2 aromatic rings. The first-order valence-electron chi connectivity index (χ1n) is 11.1. The largest absolute Gasteiger partial charge is 0.497 e. The number of ether oxygens (including phenoxy) is 3. The molecule has 3 unspecified atom stereocenters. The average Bonchev–Trinajstić information content (AvgIpc) is 3.19. The van der Waals surface area contributed by atoms with E-state index < -0.39 is 36.3 Å². The predicted molar refractivity (Wildman–Crippen MR) is 123 cm³/mol. The van der Waals surface area contributed by atoms with E-state index in [9.17, 15) is 19.5 Å². The van der Waals surface area contributed by atoms with Crippen molar-refractivity contribution in [3.63, 3.8) is 0 Å². The number of benzene rings is 2. The monoisotopic (exact) mass is 470 g/mol. The summed E-state index contributed by atoms with van der Waals surface area (Å²) >= 11 is 0. The van der Waals surface area contributed by atoms with Crippen LogP contribution in [0.15, 0.2) is 54.6 Å². The zero-order valence-electron chi connectivity index (χ0n) is 19.5. The fourth-order valence-corrected chi connectivity index (χ4v) is 3.82. The first-order valence-corrected chi connectivity index (χ1v) is 11.1. The third-order valence-corrected chi connectivity index (χ3v) is 5.63. The van der Waals surface area contributed by atoms with Crippen molar-refractivity contribution in [2.75, 3.05) is 13.8 Å². The minimum absolute atomic E-state index is 0.0328. The number of methoxy groups -OCH3 is 1. The number of carboxylic acid groups (broad SMARTS) is 1. The summed E-state index contributed by atoms with van der Waals surface area (Å²) < 4.78 is 16.5. The van der Waals surface area contributed by atoms with Crippen molar-refractivity contribution in [1.82, 2.24) is 10.2 Å². The highest BCUT2D eigenvalue weighted by molar-refractivity contribution is 5.86. The van der Waals surface area contributed by atoms with Gasteiger partial charge in [0.25, 0.3) is 0 Å². The van der Waals surface area contributed by atoms with Gasteiger partial charge >= 0.3 is 12.1 Å². The minimum atomic E-state index is -1.28. The highest BCUT2D eigenvalue weighted by Gasteiger charge is 2.43. The first-order chi connectivity index (χ1) is 16.3. The zero-order valence-corrected chi connectivity index (χ0v) is 19.5. The molecule has 3 rings (SSSR count). The summed E-state index contributed by atoms with van der Waals surface area (Å²) in [5.41, 5.74) is 1.68. The van der Waals surface area contributed by atoms with Gasteiger partial charge in [-0.15, -0.1) is 0 Å². The van der Waals surface area contributed by atoms with Crippen molar-refractivity contribution in [1.29, 1.82) is 0 Å². The molecule has 0 aliphatic carbocycles. The average molecular weight is 471 g/mol. The summed E-state index contributed by atoms with van der Waals surface area (Å²) in [6.07, 6.45) is -1.85. The molecule has 1 heterocycles. The van der Waals surface area contributed by atoms with E-state index in [1.54, 1.807) is 45.2 Å². The molecule has 9 nitrogen and oxygen atoms in total. The zero-order chi connectivity index (χ0) is 24.7. The predicted octanol–water partition coefficient (Wildman–Crippen LogP) is 2.83. The lowest BCUT2D eigenvalue weighted by Crippen LogP contribution is -2.53. The van der Waals surface area contributed by atoms with Crippen molar-refractivity contribution in [3.05, 3.63) is 65.7 Å². The maximum atomic E-state index is 13.3. The van der Waals surface area contributed by atoms with E-state index in [1.165, 1.54) is 4.90 Å². The number of carbonyl (C=O) groups is 3. The molecule has 1 fully saturated rings. The van der Waals surface area contributed by atoms with Gasteiger partial charge in [-0.2, -0.15) is 0 Å². The molecule has 0 radical (unpaired) electrons. The van der Waals surface area contributed by atoms with Crippen LogP contribution in [-0.2, 0) is 31.9 Å². The lowest BCUT2D eigenvalue weighted by Gasteiger charge is -2.30. The lowest BCUT2D eigenvalue weighted by atomic mass is 10.00. The van der Waals surface area contributed by atoms with Crippen LogP contribution in [0, 0.1) is 5.92 Å². The number of amides is 2. The Labute approximate surface area is 198 Å². The summed E-state index contributed by atoms with van der Waals surface area (Å²) in [5, 5.41) is 11.5. The van der Waals surface area contributed by atoms with Gasteiger partial charge in [-0.05, 0) is 35.6 Å². The smallest absolute Gasteiger partial charge is 0.405 e. The van der Waals surface area contributed by atoms with Gasteiger partial charge in [0.05, 0.1) is 13.5 Å². The number of esters is 1. The Hall–Kier alpha value is -3.59. The van der Waals surface area contributed by atoms with Gasteiger partial charge in [0.1, 0.15) is 24.6 Å². The Morgan fingerprint density at radius 1 is 1.09 bits per heavy atom. The van der Waals surface area contributed by atoms with E-state index in [-0.39, 0.29) is 19.1 Å². The molecule has 2 N–H and O–H groups in total. The molecule has 1 saturated heterocycles. The molecule has 34 heavy (non-hydrogen) atoms. The topological polar surface area (TPSA) is 114 Å². The molecule has 0 aromatic heterocycles. The van der Waals surface area contributed by atoms with Crippen molar-refractivity contribution in [2.45, 2.75) is 45.1 Å². The number of hydrogen-bond donors (Lipinski definition) is 2. The van der Waals surface area contributed by atoms with Gasteiger partial charge in [0.15, 0.2) is 0 Å². The van der Waals surface area contributed by atoms with E-state index in [0.717, 1.165) is 11.1 Å². The molecule has 0 bridgehead atoms. The molecule has 3 atom stereocenters. The Bertz CT molecular complexity index is 979. The number of rotatable bonds is 9. The molecule has 1 aliphatic rings. The van der Waals surface area contributed by atoms with Crippen LogP contribution in [0.4, 0.5) is 4.79 Å². The fraction of sp³-hybridized carbons (Fsp3) is 0.400. The van der Waals surface area contributed by atoms with Gasteiger partial charge in [-0.3, -0.25) is 9.59 Å². The van der Waals surface area contributed by atoms with Gasteiger partial charge in [-0.1, -0.05) is 56.3 Å². The SMILES string of the molecule is COc1ccc(CC(=O)OC2OCN(C(=O)C(NC(=O)O)C(C)C)C2Cc2ccccc2)cc1. The van der Waals surface area contributed by atoms with Crippen LogP contribution in [0.3, 0.4) is 0 Å². The Balaban J connectivity index is 1.76. The van der Waals surface area contributed by atoms with E-state index in [2.05, 4.69) is 5.32 Å². The highest BCUT2D eigenvalue weighted by atomic mass is 16.7. The Morgan fingerprint density at radius 3 is 2.35 bits per heavy atom. The minimum Gasteiger partial charge on any atom is -0.497 e. The molecular formula is C25H30N2O7. The van der Waals surface area contributed by atoms with Crippen molar-refractivity contribution >= 4 is 18.0 Å². The van der Waals surface area contributed by atoms with Gasteiger partial charge < -0.3 is 29.5 Å². The number of hydrogen-bond acceptors (Lipinski definition) is 6. The fourth-order valence-electron chi connectivity index (χ4n) is 3.82. The molecule has 182 valence electrons. The molecule has 2 amide bonds. The van der Waals surface area contributed by atoms with Crippen LogP contribution in [0.1, 0.15) is 25.0 Å². The van der Waals surface area contributed by atoms with Crippen molar-refractivity contribution in [3.8, 4) is 5.75 Å². The normalized spacial score (nSPS) is 18.4.